The summed E-state index contributed by atoms with van der Waals surface area (Å²) in [5.41, 5.74) is 2.58. The number of hydrogen-bond donors (Lipinski definition) is 0. The van der Waals surface area contributed by atoms with Crippen LogP contribution in [0.4, 0.5) is 5.69 Å². The number of rotatable bonds is 0. The van der Waals surface area contributed by atoms with Gasteiger partial charge in [-0.2, -0.15) is 0 Å². The maximum absolute atomic E-state index is 4.51. The summed E-state index contributed by atoms with van der Waals surface area (Å²) in [6.07, 6.45) is 5.50. The Morgan fingerprint density at radius 1 is 1.00 bits per heavy atom. The van der Waals surface area contributed by atoms with Crippen molar-refractivity contribution in [2.75, 3.05) is 0 Å². The Balaban J connectivity index is 2.33. The van der Waals surface area contributed by atoms with Crippen LogP contribution in [-0.4, -0.2) is 6.21 Å². The predicted molar refractivity (Wildman–Crippen MR) is 65.0 cm³/mol. The number of aliphatic imine (C=N–C) groups is 1. The summed E-state index contributed by atoms with van der Waals surface area (Å²) in [6, 6.07) is 12.9. The van der Waals surface area contributed by atoms with Crippen molar-refractivity contribution in [2.24, 2.45) is 4.99 Å². The van der Waals surface area contributed by atoms with E-state index in [-0.39, 0.29) is 0 Å². The van der Waals surface area contributed by atoms with Gasteiger partial charge in [-0.1, -0.05) is 30.3 Å². The molecular weight excluding hydrogens is 182 g/mol. The van der Waals surface area contributed by atoms with Gasteiger partial charge in [0.2, 0.25) is 0 Å². The molecule has 1 heteroatoms. The Hall–Kier alpha value is -1.63. The van der Waals surface area contributed by atoms with E-state index in [1.165, 1.54) is 22.8 Å². The molecule has 1 heterocycles. The van der Waals surface area contributed by atoms with E-state index in [9.17, 15) is 0 Å². The summed E-state index contributed by atoms with van der Waals surface area (Å²) in [7, 11) is 0. The molecule has 0 aliphatic carbocycles. The van der Waals surface area contributed by atoms with Gasteiger partial charge in [-0.25, -0.2) is 0 Å². The minimum Gasteiger partial charge on any atom is -0.261 e. The summed E-state index contributed by atoms with van der Waals surface area (Å²) in [4.78, 5) is 4.51. The van der Waals surface area contributed by atoms with Crippen molar-refractivity contribution in [1.82, 2.24) is 0 Å². The Labute approximate surface area is 89.5 Å². The lowest BCUT2D eigenvalue weighted by Crippen LogP contribution is -1.86. The summed E-state index contributed by atoms with van der Waals surface area (Å²) in [5, 5.41) is 2.70. The summed E-state index contributed by atoms with van der Waals surface area (Å²) in [6.45, 7) is 0. The SMILES string of the molecule is C1=Nc2ccc3ccccc3c2CCC1. The Kier molecular flexibility index (Phi) is 2.02. The van der Waals surface area contributed by atoms with Crippen molar-refractivity contribution in [3.63, 3.8) is 0 Å². The molecule has 1 aliphatic rings. The monoisotopic (exact) mass is 195 g/mol. The van der Waals surface area contributed by atoms with Crippen LogP contribution in [0.2, 0.25) is 0 Å². The number of benzene rings is 2. The first kappa shape index (κ1) is 8.66. The van der Waals surface area contributed by atoms with Crippen LogP contribution in [0.5, 0.6) is 0 Å². The number of hydrogen-bond acceptors (Lipinski definition) is 1. The highest BCUT2D eigenvalue weighted by Gasteiger charge is 2.08. The zero-order valence-corrected chi connectivity index (χ0v) is 8.61. The topological polar surface area (TPSA) is 12.4 Å². The van der Waals surface area contributed by atoms with Crippen molar-refractivity contribution < 1.29 is 0 Å². The summed E-state index contributed by atoms with van der Waals surface area (Å²) in [5.74, 6) is 0. The molecule has 1 nitrogen and oxygen atoms in total. The predicted octanol–water partition coefficient (Wildman–Crippen LogP) is 3.88. The first-order chi connectivity index (χ1) is 7.45. The van der Waals surface area contributed by atoms with Crippen molar-refractivity contribution in [1.29, 1.82) is 0 Å². The van der Waals surface area contributed by atoms with Crippen molar-refractivity contribution in [3.05, 3.63) is 42.0 Å². The van der Waals surface area contributed by atoms with Gasteiger partial charge in [0, 0.05) is 6.21 Å². The molecule has 0 fully saturated rings. The standard InChI is InChI=1S/C14H13N/c1-2-6-12-11(5-1)8-9-14-13(12)7-3-4-10-15-14/h1-2,5-6,8-10H,3-4,7H2. The lowest BCUT2D eigenvalue weighted by atomic mass is 9.99. The van der Waals surface area contributed by atoms with Crippen LogP contribution in [0.15, 0.2) is 41.4 Å². The van der Waals surface area contributed by atoms with Crippen LogP contribution >= 0.6 is 0 Å². The molecule has 0 spiro atoms. The summed E-state index contributed by atoms with van der Waals surface area (Å²) >= 11 is 0. The average molecular weight is 195 g/mol. The maximum Gasteiger partial charge on any atom is 0.0664 e. The highest BCUT2D eigenvalue weighted by molar-refractivity contribution is 5.90. The van der Waals surface area contributed by atoms with Gasteiger partial charge < -0.3 is 0 Å². The molecule has 0 aromatic heterocycles. The van der Waals surface area contributed by atoms with Gasteiger partial charge in [-0.15, -0.1) is 0 Å². The van der Waals surface area contributed by atoms with E-state index in [1.54, 1.807) is 0 Å². The fourth-order valence-corrected chi connectivity index (χ4v) is 2.24. The molecule has 1 aliphatic heterocycles. The Bertz CT molecular complexity index is 526. The molecule has 0 bridgehead atoms. The third kappa shape index (κ3) is 1.44. The van der Waals surface area contributed by atoms with Crippen molar-refractivity contribution in [3.8, 4) is 0 Å². The second kappa shape index (κ2) is 3.50. The van der Waals surface area contributed by atoms with E-state index < -0.39 is 0 Å². The van der Waals surface area contributed by atoms with Gasteiger partial charge in [0.1, 0.15) is 0 Å². The second-order valence-corrected chi connectivity index (χ2v) is 3.99. The smallest absolute Gasteiger partial charge is 0.0664 e. The van der Waals surface area contributed by atoms with E-state index in [2.05, 4.69) is 41.4 Å². The molecule has 0 saturated heterocycles. The van der Waals surface area contributed by atoms with E-state index in [1.807, 2.05) is 6.21 Å². The lowest BCUT2D eigenvalue weighted by Gasteiger charge is -2.07. The van der Waals surface area contributed by atoms with Gasteiger partial charge in [0.05, 0.1) is 5.69 Å². The minimum absolute atomic E-state index is 1.10. The molecule has 2 aromatic rings. The minimum atomic E-state index is 1.10. The lowest BCUT2D eigenvalue weighted by molar-refractivity contribution is 0.891. The normalized spacial score (nSPS) is 14.9. The molecule has 0 radical (unpaired) electrons. The molecule has 0 amide bonds. The molecule has 3 rings (SSSR count). The first-order valence-electron chi connectivity index (χ1n) is 5.48. The van der Waals surface area contributed by atoms with E-state index in [4.69, 9.17) is 0 Å². The van der Waals surface area contributed by atoms with Gasteiger partial charge in [-0.05, 0) is 41.7 Å². The average Bonchev–Trinajstić information content (AvgIpc) is 2.54. The first-order valence-corrected chi connectivity index (χ1v) is 5.48. The fraction of sp³-hybridized carbons (Fsp3) is 0.214. The second-order valence-electron chi connectivity index (χ2n) is 3.99. The maximum atomic E-state index is 4.51. The van der Waals surface area contributed by atoms with Crippen LogP contribution in [0.25, 0.3) is 10.8 Å². The highest BCUT2D eigenvalue weighted by Crippen LogP contribution is 2.30. The zero-order chi connectivity index (χ0) is 10.1. The van der Waals surface area contributed by atoms with Crippen LogP contribution in [-0.2, 0) is 6.42 Å². The molecule has 74 valence electrons. The zero-order valence-electron chi connectivity index (χ0n) is 8.61. The molecule has 2 aromatic carbocycles. The van der Waals surface area contributed by atoms with E-state index in [0.717, 1.165) is 18.5 Å². The van der Waals surface area contributed by atoms with Gasteiger partial charge in [0.15, 0.2) is 0 Å². The largest absolute Gasteiger partial charge is 0.261 e. The van der Waals surface area contributed by atoms with Gasteiger partial charge in [0.25, 0.3) is 0 Å². The number of fused-ring (bicyclic) bond motifs is 3. The quantitative estimate of drug-likeness (QED) is 0.605. The molecule has 0 atom stereocenters. The molecule has 0 saturated carbocycles. The molecule has 0 unspecified atom stereocenters. The highest BCUT2D eigenvalue weighted by atomic mass is 14.7. The third-order valence-corrected chi connectivity index (χ3v) is 3.01. The number of nitrogens with zero attached hydrogens (tertiary/aromatic N) is 1. The van der Waals surface area contributed by atoms with E-state index in [0.29, 0.717) is 0 Å². The van der Waals surface area contributed by atoms with Gasteiger partial charge in [-0.3, -0.25) is 4.99 Å². The number of aryl methyl sites for hydroxylation is 1. The van der Waals surface area contributed by atoms with Crippen LogP contribution in [0.3, 0.4) is 0 Å². The Morgan fingerprint density at radius 3 is 2.93 bits per heavy atom. The van der Waals surface area contributed by atoms with Crippen LogP contribution < -0.4 is 0 Å². The molecule has 15 heavy (non-hydrogen) atoms. The Morgan fingerprint density at radius 2 is 1.93 bits per heavy atom. The van der Waals surface area contributed by atoms with Crippen molar-refractivity contribution in [2.45, 2.75) is 19.3 Å². The summed E-state index contributed by atoms with van der Waals surface area (Å²) < 4.78 is 0. The van der Waals surface area contributed by atoms with Crippen LogP contribution in [0, 0.1) is 0 Å². The van der Waals surface area contributed by atoms with Gasteiger partial charge >= 0.3 is 0 Å². The fourth-order valence-electron chi connectivity index (χ4n) is 2.24. The van der Waals surface area contributed by atoms with Crippen molar-refractivity contribution >= 4 is 22.7 Å². The third-order valence-electron chi connectivity index (χ3n) is 3.01. The van der Waals surface area contributed by atoms with E-state index >= 15 is 0 Å². The molecule has 0 N–H and O–H groups in total. The van der Waals surface area contributed by atoms with Crippen LogP contribution in [0.1, 0.15) is 18.4 Å². The molecular formula is C14H13N.